The predicted octanol–water partition coefficient (Wildman–Crippen LogP) is 5.43. The zero-order valence-electron chi connectivity index (χ0n) is 12.6. The summed E-state index contributed by atoms with van der Waals surface area (Å²) in [5.74, 6) is -0.841. The van der Waals surface area contributed by atoms with E-state index in [1.165, 1.54) is 30.3 Å². The molecule has 0 aliphatic carbocycles. The Morgan fingerprint density at radius 1 is 0.920 bits per heavy atom. The van der Waals surface area contributed by atoms with Gasteiger partial charge in [0, 0.05) is 5.02 Å². The van der Waals surface area contributed by atoms with Gasteiger partial charge < -0.3 is 10.2 Å². The van der Waals surface area contributed by atoms with Gasteiger partial charge in [-0.05, 0) is 35.4 Å². The lowest BCUT2D eigenvalue weighted by Crippen LogP contribution is -2.09. The number of hydrogen-bond donors (Lipinski definition) is 2. The molecule has 0 atom stereocenters. The Labute approximate surface area is 146 Å². The molecule has 2 aromatic rings. The van der Waals surface area contributed by atoms with E-state index in [2.05, 4.69) is 0 Å². The Balaban J connectivity index is 2.44. The van der Waals surface area contributed by atoms with Crippen LogP contribution >= 0.6 is 11.6 Å². The number of carbonyl (C=O) groups excluding carboxylic acids is 1. The average Bonchev–Trinajstić information content (AvgIpc) is 2.57. The molecular weight excluding hydrogens is 357 g/mol. The second-order valence-corrected chi connectivity index (χ2v) is 5.44. The molecule has 0 bridgehead atoms. The third-order valence-corrected chi connectivity index (χ3v) is 3.66. The Hall–Kier alpha value is -2.73. The fraction of sp³-hybridized carbons (Fsp3) is 0.0556. The third kappa shape index (κ3) is 4.22. The summed E-state index contributed by atoms with van der Waals surface area (Å²) in [4.78, 5) is 12.6. The molecular formula is C18H12ClF3O3. The smallest absolute Gasteiger partial charge is 0.416 e. The van der Waals surface area contributed by atoms with Gasteiger partial charge in [-0.3, -0.25) is 4.79 Å². The second kappa shape index (κ2) is 7.44. The first-order valence-electron chi connectivity index (χ1n) is 6.95. The molecule has 0 amide bonds. The van der Waals surface area contributed by atoms with Gasteiger partial charge in [0.1, 0.15) is 0 Å². The highest BCUT2D eigenvalue weighted by Crippen LogP contribution is 2.32. The highest BCUT2D eigenvalue weighted by Gasteiger charge is 2.31. The van der Waals surface area contributed by atoms with Crippen LogP contribution in [0.5, 0.6) is 0 Å². The predicted molar refractivity (Wildman–Crippen MR) is 89.1 cm³/mol. The Bertz CT molecular complexity index is 837. The van der Waals surface area contributed by atoms with Gasteiger partial charge in [-0.25, -0.2) is 0 Å². The van der Waals surface area contributed by atoms with Gasteiger partial charge in [-0.15, -0.1) is 0 Å². The van der Waals surface area contributed by atoms with Gasteiger partial charge in [0.2, 0.25) is 0 Å². The van der Waals surface area contributed by atoms with Gasteiger partial charge in [0.15, 0.2) is 5.78 Å². The van der Waals surface area contributed by atoms with E-state index in [1.807, 2.05) is 0 Å². The molecule has 7 heteroatoms. The molecule has 0 fully saturated rings. The van der Waals surface area contributed by atoms with E-state index < -0.39 is 17.5 Å². The van der Waals surface area contributed by atoms with E-state index in [9.17, 15) is 28.2 Å². The standard InChI is InChI=1S/C18H12ClF3O3/c19-14-6-4-11(5-7-14)15(9-23)17(25)16(10-24)12-2-1-3-13(8-12)18(20,21)22/h1-10,23-24H. The van der Waals surface area contributed by atoms with E-state index in [-0.39, 0.29) is 16.7 Å². The van der Waals surface area contributed by atoms with E-state index in [0.717, 1.165) is 18.2 Å². The van der Waals surface area contributed by atoms with Crippen LogP contribution in [-0.4, -0.2) is 16.0 Å². The molecule has 2 aromatic carbocycles. The molecule has 0 unspecified atom stereocenters. The van der Waals surface area contributed by atoms with Crippen molar-refractivity contribution in [2.75, 3.05) is 0 Å². The van der Waals surface area contributed by atoms with Gasteiger partial charge in [-0.1, -0.05) is 35.9 Å². The minimum atomic E-state index is -4.59. The summed E-state index contributed by atoms with van der Waals surface area (Å²) in [5.41, 5.74) is -1.38. The van der Waals surface area contributed by atoms with Crippen molar-refractivity contribution in [3.63, 3.8) is 0 Å². The Morgan fingerprint density at radius 3 is 2.00 bits per heavy atom. The zero-order chi connectivity index (χ0) is 18.6. The molecule has 0 spiro atoms. The molecule has 0 saturated heterocycles. The Kier molecular flexibility index (Phi) is 5.54. The number of ketones is 1. The van der Waals surface area contributed by atoms with Crippen LogP contribution in [0.4, 0.5) is 13.2 Å². The van der Waals surface area contributed by atoms with Crippen LogP contribution in [0.15, 0.2) is 61.1 Å². The van der Waals surface area contributed by atoms with Gasteiger partial charge in [0.05, 0.1) is 29.2 Å². The number of rotatable bonds is 4. The van der Waals surface area contributed by atoms with Crippen LogP contribution in [0.2, 0.25) is 5.02 Å². The molecule has 0 aromatic heterocycles. The summed E-state index contributed by atoms with van der Waals surface area (Å²) in [5, 5.41) is 19.2. The largest absolute Gasteiger partial charge is 0.515 e. The average molecular weight is 369 g/mol. The number of alkyl halides is 3. The maximum atomic E-state index is 12.8. The number of Topliss-reactive ketones (excluding diaryl/α,β-unsaturated/α-hetero) is 1. The van der Waals surface area contributed by atoms with Crippen LogP contribution < -0.4 is 0 Å². The van der Waals surface area contributed by atoms with Gasteiger partial charge in [0.25, 0.3) is 0 Å². The molecule has 2 N–H and O–H groups in total. The molecule has 3 nitrogen and oxygen atoms in total. The molecule has 2 rings (SSSR count). The summed E-state index contributed by atoms with van der Waals surface area (Å²) < 4.78 is 38.5. The molecule has 25 heavy (non-hydrogen) atoms. The summed E-state index contributed by atoms with van der Waals surface area (Å²) in [6.45, 7) is 0. The molecule has 0 aliphatic heterocycles. The minimum absolute atomic E-state index is 0.129. The van der Waals surface area contributed by atoms with Crippen molar-refractivity contribution in [1.82, 2.24) is 0 Å². The maximum Gasteiger partial charge on any atom is 0.416 e. The molecule has 0 aliphatic rings. The van der Waals surface area contributed by atoms with Crippen LogP contribution in [0.3, 0.4) is 0 Å². The van der Waals surface area contributed by atoms with Crippen molar-refractivity contribution in [3.8, 4) is 0 Å². The van der Waals surface area contributed by atoms with Crippen molar-refractivity contribution in [1.29, 1.82) is 0 Å². The van der Waals surface area contributed by atoms with Crippen LogP contribution in [0.25, 0.3) is 11.1 Å². The molecule has 0 heterocycles. The number of hydrogen-bond acceptors (Lipinski definition) is 3. The normalized spacial score (nSPS) is 13.0. The molecule has 130 valence electrons. The van der Waals surface area contributed by atoms with E-state index in [1.54, 1.807) is 0 Å². The highest BCUT2D eigenvalue weighted by molar-refractivity contribution is 6.42. The quantitative estimate of drug-likeness (QED) is 0.559. The van der Waals surface area contributed by atoms with Crippen molar-refractivity contribution in [3.05, 3.63) is 82.8 Å². The summed E-state index contributed by atoms with van der Waals surface area (Å²) in [6, 6.07) is 9.88. The summed E-state index contributed by atoms with van der Waals surface area (Å²) in [7, 11) is 0. The van der Waals surface area contributed by atoms with Crippen LogP contribution in [0.1, 0.15) is 16.7 Å². The number of carbonyl (C=O) groups is 1. The van der Waals surface area contributed by atoms with E-state index in [0.29, 0.717) is 23.1 Å². The second-order valence-electron chi connectivity index (χ2n) is 5.00. The lowest BCUT2D eigenvalue weighted by atomic mass is 9.93. The van der Waals surface area contributed by atoms with Crippen molar-refractivity contribution in [2.24, 2.45) is 0 Å². The number of halogens is 4. The van der Waals surface area contributed by atoms with Crippen molar-refractivity contribution < 1.29 is 28.2 Å². The van der Waals surface area contributed by atoms with Gasteiger partial charge >= 0.3 is 6.18 Å². The summed E-state index contributed by atoms with van der Waals surface area (Å²) >= 11 is 5.76. The summed E-state index contributed by atoms with van der Waals surface area (Å²) in [6.07, 6.45) is -3.65. The monoisotopic (exact) mass is 368 g/mol. The van der Waals surface area contributed by atoms with Crippen LogP contribution in [0, 0.1) is 0 Å². The first-order chi connectivity index (χ1) is 11.8. The number of benzene rings is 2. The minimum Gasteiger partial charge on any atom is -0.515 e. The van der Waals surface area contributed by atoms with Crippen molar-refractivity contribution in [2.45, 2.75) is 6.18 Å². The number of aliphatic hydroxyl groups excluding tert-OH is 2. The van der Waals surface area contributed by atoms with Crippen LogP contribution in [-0.2, 0) is 11.0 Å². The zero-order valence-corrected chi connectivity index (χ0v) is 13.3. The first-order valence-corrected chi connectivity index (χ1v) is 7.32. The van der Waals surface area contributed by atoms with E-state index in [4.69, 9.17) is 11.6 Å². The maximum absolute atomic E-state index is 12.8. The SMILES string of the molecule is O=C(C(=CO)c1ccc(Cl)cc1)C(=CO)c1cccc(C(F)(F)F)c1. The fourth-order valence-electron chi connectivity index (χ4n) is 2.17. The molecule has 0 radical (unpaired) electrons. The first kappa shape index (κ1) is 18.6. The van der Waals surface area contributed by atoms with Gasteiger partial charge in [-0.2, -0.15) is 13.2 Å². The fourth-order valence-corrected chi connectivity index (χ4v) is 2.29. The highest BCUT2D eigenvalue weighted by atomic mass is 35.5. The number of aliphatic hydroxyl groups is 2. The third-order valence-electron chi connectivity index (χ3n) is 3.40. The lowest BCUT2D eigenvalue weighted by molar-refractivity contribution is -0.137. The lowest BCUT2D eigenvalue weighted by Gasteiger charge is -2.12. The van der Waals surface area contributed by atoms with E-state index >= 15 is 0 Å². The Morgan fingerprint density at radius 2 is 1.48 bits per heavy atom. The number of allylic oxidation sites excluding steroid dienone is 2. The topological polar surface area (TPSA) is 57.5 Å². The molecule has 0 saturated carbocycles. The van der Waals surface area contributed by atoms with Crippen molar-refractivity contribution >= 4 is 28.5 Å².